The number of methoxy groups -OCH3 is 3. The Bertz CT molecular complexity index is 2100. The molecule has 3 heterocycles. The molecule has 0 fully saturated rings. The lowest BCUT2D eigenvalue weighted by atomic mass is 10.1. The van der Waals surface area contributed by atoms with Gasteiger partial charge in [-0.05, 0) is 67.1 Å². The molecule has 1 aliphatic rings. The summed E-state index contributed by atoms with van der Waals surface area (Å²) in [6.07, 6.45) is 3.04. The lowest BCUT2D eigenvalue weighted by Gasteiger charge is -2.38. The Morgan fingerprint density at radius 3 is 2.54 bits per heavy atom. The summed E-state index contributed by atoms with van der Waals surface area (Å²) >= 11 is 0. The molecule has 3 aromatic carbocycles. The molecular weight excluding hydrogens is 634 g/mol. The zero-order chi connectivity index (χ0) is 35.4. The van der Waals surface area contributed by atoms with Crippen LogP contribution in [0.4, 0.5) is 28.7 Å². The summed E-state index contributed by atoms with van der Waals surface area (Å²) in [7, 11) is 6.89. The topological polar surface area (TPSA) is 114 Å². The van der Waals surface area contributed by atoms with E-state index >= 15 is 0 Å². The van der Waals surface area contributed by atoms with E-state index in [0.717, 1.165) is 28.2 Å². The summed E-state index contributed by atoms with van der Waals surface area (Å²) in [6.45, 7) is 8.13. The molecule has 0 unspecified atom stereocenters. The summed E-state index contributed by atoms with van der Waals surface area (Å²) in [5.74, 6) is 1.52. The predicted molar refractivity (Wildman–Crippen MR) is 198 cm³/mol. The quantitative estimate of drug-likeness (QED) is 0.171. The van der Waals surface area contributed by atoms with Gasteiger partial charge < -0.3 is 34.2 Å². The number of aromatic nitrogens is 3. The Hall–Kier alpha value is -5.88. The molecule has 6 rings (SSSR count). The van der Waals surface area contributed by atoms with Crippen LogP contribution >= 0.6 is 0 Å². The van der Waals surface area contributed by atoms with Crippen molar-refractivity contribution in [3.05, 3.63) is 107 Å². The Balaban J connectivity index is 1.46. The molecular formula is C38H41N7O5. The second-order valence-corrected chi connectivity index (χ2v) is 11.9. The second kappa shape index (κ2) is 14.7. The second-order valence-electron chi connectivity index (χ2n) is 11.9. The van der Waals surface area contributed by atoms with Gasteiger partial charge in [0.05, 0.1) is 37.9 Å². The number of aryl methyl sites for hydroxylation is 1. The molecule has 12 nitrogen and oxygen atoms in total. The molecule has 1 aliphatic heterocycles. The number of likely N-dealkylation sites (N-methyl/N-ethyl adjacent to an activating group) is 1. The molecule has 0 spiro atoms. The van der Waals surface area contributed by atoms with Gasteiger partial charge in [0.15, 0.2) is 5.65 Å². The van der Waals surface area contributed by atoms with Gasteiger partial charge >= 0.3 is 0 Å². The highest BCUT2D eigenvalue weighted by Gasteiger charge is 2.30. The number of hydrogen-bond acceptors (Lipinski definition) is 10. The van der Waals surface area contributed by atoms with Crippen LogP contribution in [0.2, 0.25) is 0 Å². The fraction of sp³-hybridized carbons (Fsp3) is 0.263. The summed E-state index contributed by atoms with van der Waals surface area (Å²) < 4.78 is 17.8. The first-order valence-corrected chi connectivity index (χ1v) is 16.3. The van der Waals surface area contributed by atoms with E-state index in [1.807, 2.05) is 85.6 Å². The van der Waals surface area contributed by atoms with Gasteiger partial charge in [0.25, 0.3) is 11.5 Å². The number of rotatable bonds is 12. The van der Waals surface area contributed by atoms with Crippen molar-refractivity contribution in [3.8, 4) is 17.2 Å². The maximum atomic E-state index is 14.7. The first-order chi connectivity index (χ1) is 24.3. The van der Waals surface area contributed by atoms with Gasteiger partial charge in [-0.25, -0.2) is 4.98 Å². The SMILES string of the molecule is C=CC(=O)N1CCN(c2cc3cnc(NCc4ccc(OC)cc4OC)nc3n(-c3ccc(N(C)CCOC)cc3)c2=O)c2cccc(C)c21. The van der Waals surface area contributed by atoms with E-state index in [4.69, 9.17) is 19.2 Å². The van der Waals surface area contributed by atoms with Crippen LogP contribution in [0, 0.1) is 6.92 Å². The van der Waals surface area contributed by atoms with Gasteiger partial charge in [-0.1, -0.05) is 18.7 Å². The minimum atomic E-state index is -0.254. The molecule has 12 heteroatoms. The first kappa shape index (κ1) is 34.0. The molecule has 0 radical (unpaired) electrons. The maximum Gasteiger partial charge on any atom is 0.280 e. The van der Waals surface area contributed by atoms with Crippen LogP contribution in [0.3, 0.4) is 0 Å². The summed E-state index contributed by atoms with van der Waals surface area (Å²) in [6, 6.07) is 21.0. The van der Waals surface area contributed by atoms with Gasteiger partial charge in [-0.3, -0.25) is 14.2 Å². The number of benzene rings is 3. The standard InChI is InChI=1S/C38H41N7O5/c1-7-34(46)44-18-17-43(31-10-8-9-25(2)35(31)44)32-21-27-24-40-38(39-23-26-11-16-30(49-5)22-33(26)50-6)41-36(27)45(37(32)47)29-14-12-28(13-15-29)42(3)19-20-48-4/h7-16,21-22,24H,1,17-20,23H2,2-6H3,(H,39,40,41). The van der Waals surface area contributed by atoms with Gasteiger partial charge in [-0.2, -0.15) is 4.98 Å². The van der Waals surface area contributed by atoms with Crippen LogP contribution in [-0.2, 0) is 16.1 Å². The molecule has 1 N–H and O–H groups in total. The van der Waals surface area contributed by atoms with Gasteiger partial charge in [-0.15, -0.1) is 0 Å². The number of pyridine rings is 1. The first-order valence-electron chi connectivity index (χ1n) is 16.3. The molecule has 0 saturated carbocycles. The summed E-state index contributed by atoms with van der Waals surface area (Å²) in [5, 5.41) is 3.97. The molecule has 0 atom stereocenters. The van der Waals surface area contributed by atoms with Crippen molar-refractivity contribution < 1.29 is 19.0 Å². The van der Waals surface area contributed by atoms with Gasteiger partial charge in [0, 0.05) is 69.2 Å². The number of carbonyl (C=O) groups is 1. The third-order valence-electron chi connectivity index (χ3n) is 8.89. The van der Waals surface area contributed by atoms with Crippen LogP contribution in [0.15, 0.2) is 90.4 Å². The normalized spacial score (nSPS) is 12.4. The molecule has 0 bridgehead atoms. The molecule has 258 valence electrons. The van der Waals surface area contributed by atoms with Crippen molar-refractivity contribution in [1.29, 1.82) is 0 Å². The zero-order valence-electron chi connectivity index (χ0n) is 29.0. The number of nitrogens with one attached hydrogen (secondary N) is 1. The predicted octanol–water partition coefficient (Wildman–Crippen LogP) is 5.47. The van der Waals surface area contributed by atoms with Crippen molar-refractivity contribution in [1.82, 2.24) is 14.5 Å². The number of para-hydroxylation sites is 1. The number of carbonyl (C=O) groups excluding carboxylic acids is 1. The Labute approximate surface area is 291 Å². The minimum Gasteiger partial charge on any atom is -0.497 e. The Morgan fingerprint density at radius 2 is 1.82 bits per heavy atom. The minimum absolute atomic E-state index is 0.188. The number of anilines is 5. The van der Waals surface area contributed by atoms with Crippen molar-refractivity contribution in [2.24, 2.45) is 0 Å². The van der Waals surface area contributed by atoms with Crippen molar-refractivity contribution >= 4 is 45.6 Å². The fourth-order valence-corrected chi connectivity index (χ4v) is 6.21. The van der Waals surface area contributed by atoms with Crippen molar-refractivity contribution in [3.63, 3.8) is 0 Å². The average molecular weight is 676 g/mol. The molecule has 1 amide bonds. The van der Waals surface area contributed by atoms with Crippen LogP contribution in [0.25, 0.3) is 16.7 Å². The number of ether oxygens (including phenoxy) is 3. The third kappa shape index (κ3) is 6.57. The Morgan fingerprint density at radius 1 is 1.02 bits per heavy atom. The molecule has 2 aromatic heterocycles. The van der Waals surface area contributed by atoms with E-state index in [1.165, 1.54) is 6.08 Å². The number of fused-ring (bicyclic) bond motifs is 2. The monoisotopic (exact) mass is 675 g/mol. The van der Waals surface area contributed by atoms with Crippen molar-refractivity contribution in [2.45, 2.75) is 13.5 Å². The lowest BCUT2D eigenvalue weighted by molar-refractivity contribution is -0.114. The lowest BCUT2D eigenvalue weighted by Crippen LogP contribution is -2.43. The fourth-order valence-electron chi connectivity index (χ4n) is 6.21. The van der Waals surface area contributed by atoms with Crippen LogP contribution in [0.5, 0.6) is 11.5 Å². The van der Waals surface area contributed by atoms with E-state index in [1.54, 1.807) is 37.0 Å². The highest BCUT2D eigenvalue weighted by molar-refractivity contribution is 6.05. The van der Waals surface area contributed by atoms with Crippen LogP contribution in [-0.4, -0.2) is 75.1 Å². The maximum absolute atomic E-state index is 14.7. The van der Waals surface area contributed by atoms with Crippen LogP contribution < -0.4 is 35.0 Å². The third-order valence-corrected chi connectivity index (χ3v) is 8.89. The van der Waals surface area contributed by atoms with E-state index < -0.39 is 0 Å². The van der Waals surface area contributed by atoms with E-state index in [2.05, 4.69) is 21.8 Å². The largest absolute Gasteiger partial charge is 0.497 e. The highest BCUT2D eigenvalue weighted by Crippen LogP contribution is 2.40. The number of nitrogens with zero attached hydrogens (tertiary/aromatic N) is 6. The molecule has 5 aromatic rings. The zero-order valence-corrected chi connectivity index (χ0v) is 29.0. The Kier molecular flexibility index (Phi) is 10.0. The average Bonchev–Trinajstić information content (AvgIpc) is 3.15. The van der Waals surface area contributed by atoms with E-state index in [-0.39, 0.29) is 11.5 Å². The summed E-state index contributed by atoms with van der Waals surface area (Å²) in [5.41, 5.74) is 5.60. The van der Waals surface area contributed by atoms with Crippen LogP contribution in [0.1, 0.15) is 11.1 Å². The molecule has 0 saturated heterocycles. The smallest absolute Gasteiger partial charge is 0.280 e. The van der Waals surface area contributed by atoms with E-state index in [0.29, 0.717) is 72.6 Å². The number of amides is 1. The molecule has 50 heavy (non-hydrogen) atoms. The highest BCUT2D eigenvalue weighted by atomic mass is 16.5. The van der Waals surface area contributed by atoms with Crippen molar-refractivity contribution in [2.75, 3.05) is 74.6 Å². The van der Waals surface area contributed by atoms with E-state index in [9.17, 15) is 9.59 Å². The number of hydrogen-bond donors (Lipinski definition) is 1. The molecule has 0 aliphatic carbocycles. The summed E-state index contributed by atoms with van der Waals surface area (Å²) in [4.78, 5) is 42.9. The van der Waals surface area contributed by atoms with Gasteiger partial charge in [0.1, 0.15) is 17.2 Å². The van der Waals surface area contributed by atoms with Gasteiger partial charge in [0.2, 0.25) is 5.95 Å².